The second kappa shape index (κ2) is 5.65. The van der Waals surface area contributed by atoms with Gasteiger partial charge in [-0.2, -0.15) is 0 Å². The van der Waals surface area contributed by atoms with Gasteiger partial charge in [0.2, 0.25) is 0 Å². The van der Waals surface area contributed by atoms with E-state index >= 15 is 0 Å². The highest BCUT2D eigenvalue weighted by atomic mass is 79.9. The van der Waals surface area contributed by atoms with Gasteiger partial charge in [0, 0.05) is 15.7 Å². The standard InChI is InChI=1S/C15H13BrN2O3/c16-11-3-2-10(17)8-12(11)18-15(19)9-1-4-13-14(7-9)21-6-5-20-13/h1-4,7-8H,5-6,17H2,(H,18,19). The molecule has 0 aliphatic carbocycles. The van der Waals surface area contributed by atoms with Gasteiger partial charge in [-0.3, -0.25) is 4.79 Å². The Bertz CT molecular complexity index is 703. The molecular formula is C15H13BrN2O3. The van der Waals surface area contributed by atoms with Crippen molar-refractivity contribution in [3.63, 3.8) is 0 Å². The van der Waals surface area contributed by atoms with Crippen LogP contribution in [0, 0.1) is 0 Å². The number of hydrogen-bond donors (Lipinski definition) is 2. The predicted molar refractivity (Wildman–Crippen MR) is 83.9 cm³/mol. The zero-order valence-electron chi connectivity index (χ0n) is 11.1. The summed E-state index contributed by atoms with van der Waals surface area (Å²) in [5.74, 6) is 1.00. The van der Waals surface area contributed by atoms with Gasteiger partial charge in [0.1, 0.15) is 13.2 Å². The molecule has 6 heteroatoms. The van der Waals surface area contributed by atoms with E-state index in [4.69, 9.17) is 15.2 Å². The molecular weight excluding hydrogens is 336 g/mol. The van der Waals surface area contributed by atoms with Crippen LogP contribution in [0.2, 0.25) is 0 Å². The quantitative estimate of drug-likeness (QED) is 0.818. The minimum atomic E-state index is -0.238. The Morgan fingerprint density at radius 3 is 2.67 bits per heavy atom. The van der Waals surface area contributed by atoms with E-state index < -0.39 is 0 Å². The topological polar surface area (TPSA) is 73.6 Å². The molecule has 0 spiro atoms. The third-order valence-electron chi connectivity index (χ3n) is 3.04. The average molecular weight is 349 g/mol. The van der Waals surface area contributed by atoms with Gasteiger partial charge < -0.3 is 20.5 Å². The number of carbonyl (C=O) groups excluding carboxylic acids is 1. The number of nitrogens with one attached hydrogen (secondary N) is 1. The van der Waals surface area contributed by atoms with Crippen LogP contribution in [-0.4, -0.2) is 19.1 Å². The number of nitrogen functional groups attached to an aromatic ring is 1. The van der Waals surface area contributed by atoms with Crippen LogP contribution in [0.5, 0.6) is 11.5 Å². The molecule has 5 nitrogen and oxygen atoms in total. The molecule has 0 aromatic heterocycles. The number of nitrogens with two attached hydrogens (primary N) is 1. The minimum Gasteiger partial charge on any atom is -0.486 e. The Hall–Kier alpha value is -2.21. The summed E-state index contributed by atoms with van der Waals surface area (Å²) in [5.41, 5.74) is 7.42. The normalized spacial score (nSPS) is 12.8. The first-order valence-electron chi connectivity index (χ1n) is 6.39. The van der Waals surface area contributed by atoms with Gasteiger partial charge >= 0.3 is 0 Å². The van der Waals surface area contributed by atoms with Crippen LogP contribution in [0.1, 0.15) is 10.4 Å². The molecule has 108 valence electrons. The first-order chi connectivity index (χ1) is 10.1. The van der Waals surface area contributed by atoms with Crippen molar-refractivity contribution in [1.82, 2.24) is 0 Å². The van der Waals surface area contributed by atoms with E-state index in [1.165, 1.54) is 0 Å². The summed E-state index contributed by atoms with van der Waals surface area (Å²) in [5, 5.41) is 2.81. The lowest BCUT2D eigenvalue weighted by Gasteiger charge is -2.18. The summed E-state index contributed by atoms with van der Waals surface area (Å²) in [7, 11) is 0. The highest BCUT2D eigenvalue weighted by Crippen LogP contribution is 2.31. The smallest absolute Gasteiger partial charge is 0.255 e. The van der Waals surface area contributed by atoms with Crippen LogP contribution in [0.4, 0.5) is 11.4 Å². The molecule has 0 atom stereocenters. The number of rotatable bonds is 2. The molecule has 0 fully saturated rings. The lowest BCUT2D eigenvalue weighted by atomic mass is 10.1. The Balaban J connectivity index is 1.83. The average Bonchev–Trinajstić information content (AvgIpc) is 2.50. The maximum Gasteiger partial charge on any atom is 0.255 e. The summed E-state index contributed by atoms with van der Waals surface area (Å²) >= 11 is 3.38. The molecule has 0 unspecified atom stereocenters. The molecule has 1 aliphatic rings. The van der Waals surface area contributed by atoms with Crippen LogP contribution in [0.15, 0.2) is 40.9 Å². The number of anilines is 2. The van der Waals surface area contributed by atoms with E-state index in [9.17, 15) is 4.79 Å². The van der Waals surface area contributed by atoms with E-state index in [2.05, 4.69) is 21.2 Å². The van der Waals surface area contributed by atoms with Crippen LogP contribution >= 0.6 is 15.9 Å². The third kappa shape index (κ3) is 2.95. The van der Waals surface area contributed by atoms with Crippen molar-refractivity contribution in [3.8, 4) is 11.5 Å². The molecule has 1 heterocycles. The molecule has 3 N–H and O–H groups in total. The second-order valence-electron chi connectivity index (χ2n) is 4.55. The largest absolute Gasteiger partial charge is 0.486 e. The maximum absolute atomic E-state index is 12.3. The van der Waals surface area contributed by atoms with Crippen molar-refractivity contribution in [2.24, 2.45) is 0 Å². The second-order valence-corrected chi connectivity index (χ2v) is 5.41. The number of fused-ring (bicyclic) bond motifs is 1. The van der Waals surface area contributed by atoms with Crippen molar-refractivity contribution in [2.45, 2.75) is 0 Å². The number of benzene rings is 2. The molecule has 0 bridgehead atoms. The SMILES string of the molecule is Nc1ccc(Br)c(NC(=O)c2ccc3c(c2)OCCO3)c1. The Labute approximate surface area is 130 Å². The Morgan fingerprint density at radius 1 is 1.10 bits per heavy atom. The summed E-state index contributed by atoms with van der Waals surface area (Å²) < 4.78 is 11.7. The predicted octanol–water partition coefficient (Wildman–Crippen LogP) is 3.05. The monoisotopic (exact) mass is 348 g/mol. The number of ether oxygens (including phenoxy) is 2. The van der Waals surface area contributed by atoms with Crippen LogP contribution in [-0.2, 0) is 0 Å². The molecule has 0 saturated carbocycles. The van der Waals surface area contributed by atoms with Gasteiger partial charge in [-0.25, -0.2) is 0 Å². The number of halogens is 1. The molecule has 1 amide bonds. The van der Waals surface area contributed by atoms with Crippen molar-refractivity contribution in [3.05, 3.63) is 46.4 Å². The third-order valence-corrected chi connectivity index (χ3v) is 3.73. The lowest BCUT2D eigenvalue weighted by molar-refractivity contribution is 0.102. The molecule has 1 aliphatic heterocycles. The van der Waals surface area contributed by atoms with Gasteiger partial charge in [0.05, 0.1) is 5.69 Å². The maximum atomic E-state index is 12.3. The van der Waals surface area contributed by atoms with Crippen molar-refractivity contribution >= 4 is 33.2 Å². The summed E-state index contributed by atoms with van der Waals surface area (Å²) in [6.45, 7) is 1.01. The Kier molecular flexibility index (Phi) is 3.70. The minimum absolute atomic E-state index is 0.238. The Morgan fingerprint density at radius 2 is 1.86 bits per heavy atom. The van der Waals surface area contributed by atoms with Crippen molar-refractivity contribution in [1.29, 1.82) is 0 Å². The van der Waals surface area contributed by atoms with Gasteiger partial charge in [-0.15, -0.1) is 0 Å². The zero-order valence-corrected chi connectivity index (χ0v) is 12.6. The van der Waals surface area contributed by atoms with E-state index in [1.807, 2.05) is 0 Å². The van der Waals surface area contributed by atoms with Gasteiger partial charge in [-0.1, -0.05) is 0 Å². The highest BCUT2D eigenvalue weighted by Gasteiger charge is 2.15. The first-order valence-corrected chi connectivity index (χ1v) is 7.19. The van der Waals surface area contributed by atoms with Gasteiger partial charge in [-0.05, 0) is 52.3 Å². The van der Waals surface area contributed by atoms with Gasteiger partial charge in [0.15, 0.2) is 11.5 Å². The van der Waals surface area contributed by atoms with E-state index in [1.54, 1.807) is 36.4 Å². The highest BCUT2D eigenvalue weighted by molar-refractivity contribution is 9.10. The van der Waals surface area contributed by atoms with Crippen LogP contribution in [0.3, 0.4) is 0 Å². The van der Waals surface area contributed by atoms with E-state index in [0.29, 0.717) is 41.7 Å². The van der Waals surface area contributed by atoms with Crippen LogP contribution in [0.25, 0.3) is 0 Å². The zero-order chi connectivity index (χ0) is 14.8. The first kappa shape index (κ1) is 13.8. The summed E-state index contributed by atoms with van der Waals surface area (Å²) in [6.07, 6.45) is 0. The molecule has 3 rings (SSSR count). The molecule has 0 saturated heterocycles. The lowest BCUT2D eigenvalue weighted by Crippen LogP contribution is -2.17. The fraction of sp³-hybridized carbons (Fsp3) is 0.133. The molecule has 2 aromatic carbocycles. The van der Waals surface area contributed by atoms with E-state index in [0.717, 1.165) is 4.47 Å². The molecule has 2 aromatic rings. The number of carbonyl (C=O) groups is 1. The fourth-order valence-electron chi connectivity index (χ4n) is 2.02. The molecule has 21 heavy (non-hydrogen) atoms. The van der Waals surface area contributed by atoms with Crippen molar-refractivity contribution in [2.75, 3.05) is 24.3 Å². The van der Waals surface area contributed by atoms with Crippen LogP contribution < -0.4 is 20.5 Å². The van der Waals surface area contributed by atoms with E-state index in [-0.39, 0.29) is 5.91 Å². The summed E-state index contributed by atoms with van der Waals surface area (Å²) in [4.78, 5) is 12.3. The fourth-order valence-corrected chi connectivity index (χ4v) is 2.36. The summed E-state index contributed by atoms with van der Waals surface area (Å²) in [6, 6.07) is 10.3. The number of hydrogen-bond acceptors (Lipinski definition) is 4. The van der Waals surface area contributed by atoms with Crippen molar-refractivity contribution < 1.29 is 14.3 Å². The van der Waals surface area contributed by atoms with Gasteiger partial charge in [0.25, 0.3) is 5.91 Å². The number of amides is 1. The molecule has 0 radical (unpaired) electrons.